The zero-order valence-corrected chi connectivity index (χ0v) is 10.5. The van der Waals surface area contributed by atoms with E-state index in [1.807, 2.05) is 6.92 Å². The molecule has 5 heteroatoms. The maximum Gasteiger partial charge on any atom is 0.323 e. The third kappa shape index (κ3) is 4.87. The van der Waals surface area contributed by atoms with Crippen molar-refractivity contribution in [3.63, 3.8) is 0 Å². The number of nitrogens with one attached hydrogen (secondary N) is 2. The lowest BCUT2D eigenvalue weighted by molar-refractivity contribution is -0.145. The summed E-state index contributed by atoms with van der Waals surface area (Å²) in [5.41, 5.74) is -1.10. The second kappa shape index (κ2) is 6.92. The number of carboxylic acids is 1. The van der Waals surface area contributed by atoms with Crippen LogP contribution in [0.2, 0.25) is 0 Å². The van der Waals surface area contributed by atoms with E-state index in [0.717, 1.165) is 0 Å². The summed E-state index contributed by atoms with van der Waals surface area (Å²) in [5.74, 6) is 1.03. The molecule has 2 atom stereocenters. The first kappa shape index (κ1) is 15.5. The number of terminal acetylenes is 1. The second-order valence-corrected chi connectivity index (χ2v) is 4.18. The highest BCUT2D eigenvalue weighted by molar-refractivity contribution is 5.84. The number of rotatable bonds is 7. The van der Waals surface area contributed by atoms with Crippen molar-refractivity contribution >= 4 is 11.9 Å². The Balaban J connectivity index is 4.51. The molecule has 0 saturated carbocycles. The Kier molecular flexibility index (Phi) is 6.29. The van der Waals surface area contributed by atoms with Crippen molar-refractivity contribution in [1.29, 1.82) is 0 Å². The van der Waals surface area contributed by atoms with Crippen molar-refractivity contribution in [3.8, 4) is 12.3 Å². The van der Waals surface area contributed by atoms with E-state index in [4.69, 9.17) is 11.5 Å². The zero-order valence-electron chi connectivity index (χ0n) is 10.5. The van der Waals surface area contributed by atoms with E-state index in [1.165, 1.54) is 0 Å². The molecule has 0 aromatic rings. The van der Waals surface area contributed by atoms with E-state index in [9.17, 15) is 9.59 Å². The molecule has 17 heavy (non-hydrogen) atoms. The van der Waals surface area contributed by atoms with Gasteiger partial charge in [-0.1, -0.05) is 19.3 Å². The van der Waals surface area contributed by atoms with Crippen molar-refractivity contribution in [2.24, 2.45) is 0 Å². The fourth-order valence-corrected chi connectivity index (χ4v) is 1.58. The molecular formula is C12H20N2O3. The van der Waals surface area contributed by atoms with E-state index in [1.54, 1.807) is 13.8 Å². The molecule has 0 heterocycles. The maximum atomic E-state index is 11.5. The molecule has 0 fully saturated rings. The van der Waals surface area contributed by atoms with Crippen LogP contribution in [0.4, 0.5) is 0 Å². The summed E-state index contributed by atoms with van der Waals surface area (Å²) in [5, 5.41) is 14.5. The van der Waals surface area contributed by atoms with Gasteiger partial charge < -0.3 is 10.4 Å². The van der Waals surface area contributed by atoms with Gasteiger partial charge in [0.15, 0.2) is 0 Å². The van der Waals surface area contributed by atoms with Crippen LogP contribution in [0, 0.1) is 12.3 Å². The highest BCUT2D eigenvalue weighted by atomic mass is 16.4. The number of carbonyl (C=O) groups is 2. The predicted octanol–water partition coefficient (Wildman–Crippen LogP) is 0.357. The zero-order chi connectivity index (χ0) is 13.5. The smallest absolute Gasteiger partial charge is 0.323 e. The molecule has 0 spiro atoms. The minimum Gasteiger partial charge on any atom is -0.480 e. The molecule has 96 valence electrons. The van der Waals surface area contributed by atoms with Crippen LogP contribution in [0.5, 0.6) is 0 Å². The molecule has 3 N–H and O–H groups in total. The van der Waals surface area contributed by atoms with Crippen LogP contribution < -0.4 is 10.6 Å². The quantitative estimate of drug-likeness (QED) is 0.561. The van der Waals surface area contributed by atoms with Gasteiger partial charge in [-0.15, -0.1) is 6.42 Å². The number of hydrogen-bond acceptors (Lipinski definition) is 3. The molecule has 0 aliphatic carbocycles. The average Bonchev–Trinajstić information content (AvgIpc) is 2.25. The number of aliphatic carboxylic acids is 1. The lowest BCUT2D eigenvalue weighted by Crippen LogP contribution is -2.57. The summed E-state index contributed by atoms with van der Waals surface area (Å²) in [6.45, 7) is 5.22. The molecular weight excluding hydrogens is 220 g/mol. The Morgan fingerprint density at radius 3 is 2.53 bits per heavy atom. The first-order valence-corrected chi connectivity index (χ1v) is 5.59. The second-order valence-electron chi connectivity index (χ2n) is 4.18. The monoisotopic (exact) mass is 240 g/mol. The van der Waals surface area contributed by atoms with Crippen LogP contribution >= 0.6 is 0 Å². The minimum absolute atomic E-state index is 0.141. The highest BCUT2D eigenvalue weighted by Gasteiger charge is 2.34. The van der Waals surface area contributed by atoms with Crippen molar-refractivity contribution in [3.05, 3.63) is 0 Å². The van der Waals surface area contributed by atoms with E-state index in [2.05, 4.69) is 16.6 Å². The number of hydrogen-bond donors (Lipinski definition) is 3. The summed E-state index contributed by atoms with van der Waals surface area (Å²) in [6.07, 6.45) is 6.19. The van der Waals surface area contributed by atoms with Gasteiger partial charge >= 0.3 is 5.97 Å². The van der Waals surface area contributed by atoms with E-state index in [0.29, 0.717) is 12.8 Å². The molecule has 2 unspecified atom stereocenters. The largest absolute Gasteiger partial charge is 0.480 e. The molecule has 1 amide bonds. The van der Waals surface area contributed by atoms with Gasteiger partial charge in [0, 0.05) is 0 Å². The summed E-state index contributed by atoms with van der Waals surface area (Å²) in [7, 11) is 0. The third-order valence-corrected chi connectivity index (χ3v) is 2.52. The van der Waals surface area contributed by atoms with Crippen LogP contribution in [0.25, 0.3) is 0 Å². The van der Waals surface area contributed by atoms with E-state index < -0.39 is 17.6 Å². The Labute approximate surface area is 102 Å². The molecule has 5 nitrogen and oxygen atoms in total. The summed E-state index contributed by atoms with van der Waals surface area (Å²) < 4.78 is 0. The van der Waals surface area contributed by atoms with Crippen molar-refractivity contribution in [2.45, 2.75) is 45.2 Å². The molecule has 0 aliphatic rings. The van der Waals surface area contributed by atoms with Crippen molar-refractivity contribution in [1.82, 2.24) is 10.6 Å². The number of carboxylic acid groups (broad SMARTS) is 1. The Morgan fingerprint density at radius 2 is 2.12 bits per heavy atom. The van der Waals surface area contributed by atoms with Crippen LogP contribution in [0.15, 0.2) is 0 Å². The maximum absolute atomic E-state index is 11.5. The van der Waals surface area contributed by atoms with Gasteiger partial charge in [0.25, 0.3) is 0 Å². The summed E-state index contributed by atoms with van der Waals surface area (Å²) >= 11 is 0. The normalized spacial score (nSPS) is 15.4. The van der Waals surface area contributed by atoms with Crippen molar-refractivity contribution < 1.29 is 14.7 Å². The average molecular weight is 240 g/mol. The van der Waals surface area contributed by atoms with Gasteiger partial charge in [-0.05, 0) is 20.3 Å². The lowest BCUT2D eigenvalue weighted by Gasteiger charge is -2.29. The summed E-state index contributed by atoms with van der Waals surface area (Å²) in [6, 6.07) is -0.601. The molecule has 0 rings (SSSR count). The van der Waals surface area contributed by atoms with Crippen LogP contribution in [0.3, 0.4) is 0 Å². The Hall–Kier alpha value is -1.54. The number of carbonyl (C=O) groups excluding carboxylic acids is 1. The lowest BCUT2D eigenvalue weighted by atomic mass is 9.95. The first-order valence-electron chi connectivity index (χ1n) is 5.59. The van der Waals surface area contributed by atoms with Gasteiger partial charge in [-0.2, -0.15) is 0 Å². The third-order valence-electron chi connectivity index (χ3n) is 2.52. The summed E-state index contributed by atoms with van der Waals surface area (Å²) in [4.78, 5) is 22.7. The van der Waals surface area contributed by atoms with Gasteiger partial charge in [0.05, 0.1) is 12.6 Å². The standard InChI is InChI=1S/C12H20N2O3/c1-5-7-12(4,11(16)17)14-9(3)10(15)13-8-6-2/h2,9,14H,5,7-8H2,1,3-4H3,(H,13,15)(H,16,17). The van der Waals surface area contributed by atoms with Crippen LogP contribution in [-0.2, 0) is 9.59 Å². The first-order chi connectivity index (χ1) is 7.87. The molecule has 0 aliphatic heterocycles. The van der Waals surface area contributed by atoms with Crippen LogP contribution in [-0.4, -0.2) is 35.1 Å². The Morgan fingerprint density at radius 1 is 1.53 bits per heavy atom. The van der Waals surface area contributed by atoms with Gasteiger partial charge in [0.2, 0.25) is 5.91 Å². The van der Waals surface area contributed by atoms with Gasteiger partial charge in [0.1, 0.15) is 5.54 Å². The van der Waals surface area contributed by atoms with E-state index >= 15 is 0 Å². The van der Waals surface area contributed by atoms with Gasteiger partial charge in [-0.25, -0.2) is 0 Å². The minimum atomic E-state index is -1.10. The number of amides is 1. The van der Waals surface area contributed by atoms with E-state index in [-0.39, 0.29) is 12.5 Å². The van der Waals surface area contributed by atoms with Gasteiger partial charge in [-0.3, -0.25) is 14.9 Å². The van der Waals surface area contributed by atoms with Crippen LogP contribution in [0.1, 0.15) is 33.6 Å². The SMILES string of the molecule is C#CCNC(=O)C(C)NC(C)(CCC)C(=O)O. The predicted molar refractivity (Wildman–Crippen MR) is 65.4 cm³/mol. The fourth-order valence-electron chi connectivity index (χ4n) is 1.58. The molecule has 0 aromatic heterocycles. The molecule has 0 saturated heterocycles. The van der Waals surface area contributed by atoms with Crippen molar-refractivity contribution in [2.75, 3.05) is 6.54 Å². The molecule has 0 bridgehead atoms. The highest BCUT2D eigenvalue weighted by Crippen LogP contribution is 2.13. The molecule has 0 radical (unpaired) electrons. The molecule has 0 aromatic carbocycles. The fraction of sp³-hybridized carbons (Fsp3) is 0.667. The Bertz CT molecular complexity index is 322. The topological polar surface area (TPSA) is 78.4 Å².